The van der Waals surface area contributed by atoms with E-state index in [2.05, 4.69) is 17.1 Å². The lowest BCUT2D eigenvalue weighted by atomic mass is 9.99. The highest BCUT2D eigenvalue weighted by Crippen LogP contribution is 2.25. The van der Waals surface area contributed by atoms with Gasteiger partial charge in [-0.25, -0.2) is 8.42 Å². The number of benzene rings is 2. The Morgan fingerprint density at radius 3 is 2.31 bits per heavy atom. The van der Waals surface area contributed by atoms with Gasteiger partial charge in [0.1, 0.15) is 18.0 Å². The Kier molecular flexibility index (Phi) is 8.53. The summed E-state index contributed by atoms with van der Waals surface area (Å²) in [5.74, 6) is 1.77. The van der Waals surface area contributed by atoms with E-state index in [1.54, 1.807) is 24.3 Å². The molecule has 2 aromatic carbocycles. The molecule has 0 spiro atoms. The fraction of sp³-hybridized carbons (Fsp3) is 0.458. The zero-order chi connectivity index (χ0) is 23.0. The van der Waals surface area contributed by atoms with Crippen LogP contribution in [0.2, 0.25) is 0 Å². The molecule has 1 amide bonds. The van der Waals surface area contributed by atoms with E-state index < -0.39 is 10.0 Å². The van der Waals surface area contributed by atoms with Gasteiger partial charge in [0.25, 0.3) is 0 Å². The van der Waals surface area contributed by atoms with Crippen molar-refractivity contribution in [3.05, 3.63) is 54.6 Å². The molecule has 1 fully saturated rings. The predicted molar refractivity (Wildman–Crippen MR) is 128 cm³/mol. The number of para-hydroxylation sites is 1. The third kappa shape index (κ3) is 7.53. The number of carbonyl (C=O) groups excluding carboxylic acids is 1. The standard InChI is InChI=1S/C24H33N3O4S/c1-20-13-17-26(18-14-20)16-6-15-25-24(28)19-27(32(2,29)30)21-9-11-23(12-10-21)31-22-7-4-3-5-8-22/h3-5,7-12,20H,6,13-19H2,1-2H3,(H,25,28). The molecule has 1 heterocycles. The van der Waals surface area contributed by atoms with Crippen LogP contribution < -0.4 is 14.4 Å². The Bertz CT molecular complexity index is 956. The van der Waals surface area contributed by atoms with Crippen molar-refractivity contribution in [3.63, 3.8) is 0 Å². The number of amides is 1. The van der Waals surface area contributed by atoms with Crippen molar-refractivity contribution in [2.45, 2.75) is 26.2 Å². The average Bonchev–Trinajstić information content (AvgIpc) is 2.77. The molecule has 1 N–H and O–H groups in total. The van der Waals surface area contributed by atoms with E-state index >= 15 is 0 Å². The molecule has 0 radical (unpaired) electrons. The molecule has 0 atom stereocenters. The summed E-state index contributed by atoms with van der Waals surface area (Å²) >= 11 is 0. The number of nitrogens with zero attached hydrogens (tertiary/aromatic N) is 2. The van der Waals surface area contributed by atoms with Gasteiger partial charge in [0.2, 0.25) is 15.9 Å². The van der Waals surface area contributed by atoms with Crippen LogP contribution in [0.1, 0.15) is 26.2 Å². The molecule has 1 aliphatic heterocycles. The number of hydrogen-bond acceptors (Lipinski definition) is 5. The summed E-state index contributed by atoms with van der Waals surface area (Å²) in [6.45, 7) is 5.74. The molecule has 2 aromatic rings. The zero-order valence-corrected chi connectivity index (χ0v) is 19.7. The summed E-state index contributed by atoms with van der Waals surface area (Å²) in [6, 6.07) is 16.0. The van der Waals surface area contributed by atoms with Gasteiger partial charge in [-0.05, 0) is 81.2 Å². The Morgan fingerprint density at radius 2 is 1.69 bits per heavy atom. The van der Waals surface area contributed by atoms with Crippen molar-refractivity contribution in [3.8, 4) is 11.5 Å². The van der Waals surface area contributed by atoms with Crippen LogP contribution in [0.4, 0.5) is 5.69 Å². The van der Waals surface area contributed by atoms with Gasteiger partial charge in [-0.2, -0.15) is 0 Å². The molecule has 0 aliphatic carbocycles. The molecule has 3 rings (SSSR count). The molecule has 32 heavy (non-hydrogen) atoms. The van der Waals surface area contributed by atoms with Crippen molar-refractivity contribution in [2.24, 2.45) is 5.92 Å². The summed E-state index contributed by atoms with van der Waals surface area (Å²) in [4.78, 5) is 14.8. The van der Waals surface area contributed by atoms with Gasteiger partial charge in [0.05, 0.1) is 11.9 Å². The summed E-state index contributed by atoms with van der Waals surface area (Å²) in [5, 5.41) is 2.85. The highest BCUT2D eigenvalue weighted by Gasteiger charge is 2.21. The lowest BCUT2D eigenvalue weighted by Gasteiger charge is -2.30. The highest BCUT2D eigenvalue weighted by atomic mass is 32.2. The molecule has 1 aliphatic rings. The summed E-state index contributed by atoms with van der Waals surface area (Å²) < 4.78 is 31.5. The smallest absolute Gasteiger partial charge is 0.240 e. The highest BCUT2D eigenvalue weighted by molar-refractivity contribution is 7.92. The van der Waals surface area contributed by atoms with Gasteiger partial charge in [0.15, 0.2) is 0 Å². The van der Waals surface area contributed by atoms with Crippen LogP contribution in [-0.4, -0.2) is 58.2 Å². The molecular weight excluding hydrogens is 426 g/mol. The van der Waals surface area contributed by atoms with Crippen LogP contribution >= 0.6 is 0 Å². The van der Waals surface area contributed by atoms with Gasteiger partial charge in [-0.15, -0.1) is 0 Å². The molecule has 0 bridgehead atoms. The zero-order valence-electron chi connectivity index (χ0n) is 18.9. The predicted octanol–water partition coefficient (Wildman–Crippen LogP) is 3.48. The number of anilines is 1. The Hall–Kier alpha value is -2.58. The first-order valence-corrected chi connectivity index (χ1v) is 13.0. The minimum absolute atomic E-state index is 0.251. The van der Waals surface area contributed by atoms with Crippen molar-refractivity contribution in [2.75, 3.05) is 43.3 Å². The fourth-order valence-electron chi connectivity index (χ4n) is 3.71. The Labute approximate surface area is 191 Å². The number of nitrogens with one attached hydrogen (secondary N) is 1. The second-order valence-corrected chi connectivity index (χ2v) is 10.3. The molecule has 0 saturated carbocycles. The van der Waals surface area contributed by atoms with Gasteiger partial charge in [-0.1, -0.05) is 25.1 Å². The van der Waals surface area contributed by atoms with Crippen LogP contribution in [0.5, 0.6) is 11.5 Å². The molecule has 174 valence electrons. The van der Waals surface area contributed by atoms with E-state index in [9.17, 15) is 13.2 Å². The second-order valence-electron chi connectivity index (χ2n) is 8.41. The Morgan fingerprint density at radius 1 is 1.06 bits per heavy atom. The number of likely N-dealkylation sites (tertiary alicyclic amines) is 1. The van der Waals surface area contributed by atoms with Gasteiger partial charge < -0.3 is 15.0 Å². The van der Waals surface area contributed by atoms with E-state index in [1.807, 2.05) is 30.3 Å². The maximum atomic E-state index is 12.4. The summed E-state index contributed by atoms with van der Waals surface area (Å²) in [6.07, 6.45) is 4.41. The first-order valence-electron chi connectivity index (χ1n) is 11.1. The maximum Gasteiger partial charge on any atom is 0.240 e. The second kappa shape index (κ2) is 11.3. The molecular formula is C24H33N3O4S. The number of rotatable bonds is 10. The lowest BCUT2D eigenvalue weighted by Crippen LogP contribution is -2.41. The molecule has 8 heteroatoms. The van der Waals surface area contributed by atoms with Crippen LogP contribution in [-0.2, 0) is 14.8 Å². The SMILES string of the molecule is CC1CCN(CCCNC(=O)CN(c2ccc(Oc3ccccc3)cc2)S(C)(=O)=O)CC1. The summed E-state index contributed by atoms with van der Waals surface area (Å²) in [7, 11) is -3.61. The molecule has 7 nitrogen and oxygen atoms in total. The van der Waals surface area contributed by atoms with E-state index in [1.165, 1.54) is 12.8 Å². The molecule has 0 unspecified atom stereocenters. The third-order valence-corrected chi connectivity index (χ3v) is 6.78. The maximum absolute atomic E-state index is 12.4. The summed E-state index contributed by atoms with van der Waals surface area (Å²) in [5.41, 5.74) is 0.422. The lowest BCUT2D eigenvalue weighted by molar-refractivity contribution is -0.119. The number of sulfonamides is 1. The number of ether oxygens (including phenoxy) is 1. The van der Waals surface area contributed by atoms with Crippen molar-refractivity contribution >= 4 is 21.6 Å². The van der Waals surface area contributed by atoms with Gasteiger partial charge in [0, 0.05) is 6.54 Å². The largest absolute Gasteiger partial charge is 0.457 e. The minimum atomic E-state index is -3.61. The van der Waals surface area contributed by atoms with Gasteiger partial charge in [-0.3, -0.25) is 9.10 Å². The topological polar surface area (TPSA) is 79.0 Å². The fourth-order valence-corrected chi connectivity index (χ4v) is 4.56. The minimum Gasteiger partial charge on any atom is -0.457 e. The van der Waals surface area contributed by atoms with E-state index in [0.29, 0.717) is 23.7 Å². The molecule has 0 aromatic heterocycles. The monoisotopic (exact) mass is 459 g/mol. The van der Waals surface area contributed by atoms with Crippen molar-refractivity contribution < 1.29 is 17.9 Å². The number of piperidine rings is 1. The Balaban J connectivity index is 1.50. The normalized spacial score (nSPS) is 15.3. The first-order chi connectivity index (χ1) is 15.3. The molecule has 1 saturated heterocycles. The van der Waals surface area contributed by atoms with Crippen LogP contribution in [0, 0.1) is 5.92 Å². The average molecular weight is 460 g/mol. The van der Waals surface area contributed by atoms with E-state index in [-0.39, 0.29) is 12.5 Å². The van der Waals surface area contributed by atoms with Gasteiger partial charge >= 0.3 is 0 Å². The van der Waals surface area contributed by atoms with Crippen LogP contribution in [0.3, 0.4) is 0 Å². The quantitative estimate of drug-likeness (QED) is 0.551. The third-order valence-electron chi connectivity index (χ3n) is 5.64. The first kappa shape index (κ1) is 24.1. The van der Waals surface area contributed by atoms with E-state index in [4.69, 9.17) is 4.74 Å². The van der Waals surface area contributed by atoms with Crippen molar-refractivity contribution in [1.82, 2.24) is 10.2 Å². The van der Waals surface area contributed by atoms with Crippen LogP contribution in [0.15, 0.2) is 54.6 Å². The van der Waals surface area contributed by atoms with E-state index in [0.717, 1.165) is 42.5 Å². The number of hydrogen-bond donors (Lipinski definition) is 1. The van der Waals surface area contributed by atoms with Crippen molar-refractivity contribution in [1.29, 1.82) is 0 Å². The van der Waals surface area contributed by atoms with Crippen LogP contribution in [0.25, 0.3) is 0 Å². The number of carbonyl (C=O) groups is 1.